The Morgan fingerprint density at radius 2 is 2.17 bits per heavy atom. The van der Waals surface area contributed by atoms with E-state index in [4.69, 9.17) is 10.5 Å². The van der Waals surface area contributed by atoms with Crippen LogP contribution in [0.15, 0.2) is 12.2 Å². The molecule has 2 nitrogen and oxygen atoms in total. The van der Waals surface area contributed by atoms with E-state index in [0.29, 0.717) is 0 Å². The van der Waals surface area contributed by atoms with Crippen LogP contribution in [0.2, 0.25) is 0 Å². The monoisotopic (exact) mass is 171 g/mol. The third-order valence-corrected chi connectivity index (χ3v) is 1.89. The van der Waals surface area contributed by atoms with Crippen molar-refractivity contribution >= 4 is 0 Å². The summed E-state index contributed by atoms with van der Waals surface area (Å²) in [6, 6.07) is 0.226. The molecule has 0 aromatic rings. The van der Waals surface area contributed by atoms with Crippen LogP contribution >= 0.6 is 0 Å². The van der Waals surface area contributed by atoms with Gasteiger partial charge >= 0.3 is 0 Å². The first-order valence-corrected chi connectivity index (χ1v) is 4.70. The largest absolute Gasteiger partial charge is 0.382 e. The van der Waals surface area contributed by atoms with Gasteiger partial charge in [0.1, 0.15) is 0 Å². The summed E-state index contributed by atoms with van der Waals surface area (Å²) in [6.45, 7) is 9.58. The molecule has 0 aliphatic rings. The van der Waals surface area contributed by atoms with Gasteiger partial charge in [-0.1, -0.05) is 19.1 Å². The highest BCUT2D eigenvalue weighted by molar-refractivity contribution is 4.95. The molecule has 0 radical (unpaired) electrons. The zero-order valence-corrected chi connectivity index (χ0v) is 8.31. The molecule has 12 heavy (non-hydrogen) atoms. The van der Waals surface area contributed by atoms with Crippen molar-refractivity contribution in [1.82, 2.24) is 0 Å². The van der Waals surface area contributed by atoms with E-state index >= 15 is 0 Å². The summed E-state index contributed by atoms with van der Waals surface area (Å²) < 4.78 is 5.21. The summed E-state index contributed by atoms with van der Waals surface area (Å²) in [4.78, 5) is 0. The molecule has 0 aliphatic carbocycles. The lowest BCUT2D eigenvalue weighted by molar-refractivity contribution is 0.140. The zero-order chi connectivity index (χ0) is 9.40. The first-order chi connectivity index (χ1) is 5.70. The van der Waals surface area contributed by atoms with Gasteiger partial charge in [-0.25, -0.2) is 0 Å². The second-order valence-electron chi connectivity index (χ2n) is 3.05. The van der Waals surface area contributed by atoms with E-state index in [0.717, 1.165) is 32.5 Å². The Morgan fingerprint density at radius 1 is 1.50 bits per heavy atom. The van der Waals surface area contributed by atoms with Crippen LogP contribution in [0.4, 0.5) is 0 Å². The SMILES string of the molecule is C=C(CC)CC(N)CCOCC. The van der Waals surface area contributed by atoms with Gasteiger partial charge < -0.3 is 10.5 Å². The molecule has 0 rings (SSSR count). The van der Waals surface area contributed by atoms with Crippen LogP contribution < -0.4 is 5.73 Å². The van der Waals surface area contributed by atoms with Crippen molar-refractivity contribution < 1.29 is 4.74 Å². The van der Waals surface area contributed by atoms with Crippen LogP contribution in [0.1, 0.15) is 33.1 Å². The molecule has 0 saturated heterocycles. The average molecular weight is 171 g/mol. The fourth-order valence-electron chi connectivity index (χ4n) is 0.996. The van der Waals surface area contributed by atoms with Crippen LogP contribution in [0, 0.1) is 0 Å². The molecule has 0 spiro atoms. The van der Waals surface area contributed by atoms with Crippen molar-refractivity contribution in [2.45, 2.75) is 39.2 Å². The van der Waals surface area contributed by atoms with E-state index < -0.39 is 0 Å². The van der Waals surface area contributed by atoms with Crippen molar-refractivity contribution in [3.05, 3.63) is 12.2 Å². The average Bonchev–Trinajstić information content (AvgIpc) is 2.05. The van der Waals surface area contributed by atoms with Crippen molar-refractivity contribution in [1.29, 1.82) is 0 Å². The third kappa shape index (κ3) is 6.38. The highest BCUT2D eigenvalue weighted by atomic mass is 16.5. The van der Waals surface area contributed by atoms with Gasteiger partial charge in [-0.3, -0.25) is 0 Å². The van der Waals surface area contributed by atoms with E-state index in [-0.39, 0.29) is 6.04 Å². The maximum atomic E-state index is 5.85. The van der Waals surface area contributed by atoms with Crippen LogP contribution in [-0.2, 0) is 4.74 Å². The number of hydrogen-bond acceptors (Lipinski definition) is 2. The number of ether oxygens (including phenoxy) is 1. The maximum absolute atomic E-state index is 5.85. The van der Waals surface area contributed by atoms with E-state index in [1.807, 2.05) is 6.92 Å². The van der Waals surface area contributed by atoms with E-state index in [2.05, 4.69) is 13.5 Å². The van der Waals surface area contributed by atoms with Gasteiger partial charge in [0.25, 0.3) is 0 Å². The Hall–Kier alpha value is -0.340. The minimum absolute atomic E-state index is 0.226. The Bertz CT molecular complexity index is 123. The molecule has 1 atom stereocenters. The summed E-state index contributed by atoms with van der Waals surface area (Å²) in [5, 5.41) is 0. The van der Waals surface area contributed by atoms with E-state index in [1.165, 1.54) is 5.57 Å². The first kappa shape index (κ1) is 11.7. The molecule has 2 N–H and O–H groups in total. The van der Waals surface area contributed by atoms with Crippen LogP contribution in [0.25, 0.3) is 0 Å². The fraction of sp³-hybridized carbons (Fsp3) is 0.800. The molecule has 0 fully saturated rings. The molecule has 0 aromatic heterocycles. The highest BCUT2D eigenvalue weighted by Gasteiger charge is 2.02. The molecule has 2 heteroatoms. The second kappa shape index (κ2) is 7.32. The van der Waals surface area contributed by atoms with Gasteiger partial charge in [0.15, 0.2) is 0 Å². The summed E-state index contributed by atoms with van der Waals surface area (Å²) in [5.41, 5.74) is 7.09. The molecule has 0 heterocycles. The normalized spacial score (nSPS) is 12.9. The van der Waals surface area contributed by atoms with Crippen LogP contribution in [-0.4, -0.2) is 19.3 Å². The quantitative estimate of drug-likeness (QED) is 0.470. The zero-order valence-electron chi connectivity index (χ0n) is 8.31. The molecule has 0 amide bonds. The lowest BCUT2D eigenvalue weighted by atomic mass is 10.0. The predicted octanol–water partition coefficient (Wildman–Crippen LogP) is 2.10. The van der Waals surface area contributed by atoms with Crippen LogP contribution in [0.5, 0.6) is 0 Å². The van der Waals surface area contributed by atoms with Crippen molar-refractivity contribution in [3.8, 4) is 0 Å². The molecule has 0 aromatic carbocycles. The Balaban J connectivity index is 3.32. The van der Waals surface area contributed by atoms with Gasteiger partial charge in [0, 0.05) is 19.3 Å². The molecular weight excluding hydrogens is 150 g/mol. The molecule has 0 bridgehead atoms. The molecule has 0 aliphatic heterocycles. The van der Waals surface area contributed by atoms with Gasteiger partial charge in [0.2, 0.25) is 0 Å². The van der Waals surface area contributed by atoms with Crippen molar-refractivity contribution in [3.63, 3.8) is 0 Å². The lowest BCUT2D eigenvalue weighted by Gasteiger charge is -2.11. The van der Waals surface area contributed by atoms with E-state index in [9.17, 15) is 0 Å². The summed E-state index contributed by atoms with van der Waals surface area (Å²) in [7, 11) is 0. The van der Waals surface area contributed by atoms with Gasteiger partial charge in [-0.05, 0) is 26.2 Å². The van der Waals surface area contributed by atoms with Crippen molar-refractivity contribution in [2.75, 3.05) is 13.2 Å². The molecule has 0 saturated carbocycles. The van der Waals surface area contributed by atoms with Gasteiger partial charge in [-0.15, -0.1) is 0 Å². The van der Waals surface area contributed by atoms with Gasteiger partial charge in [0.05, 0.1) is 0 Å². The number of hydrogen-bond donors (Lipinski definition) is 1. The third-order valence-electron chi connectivity index (χ3n) is 1.89. The van der Waals surface area contributed by atoms with E-state index in [1.54, 1.807) is 0 Å². The molecule has 1 unspecified atom stereocenters. The minimum Gasteiger partial charge on any atom is -0.382 e. The molecule has 72 valence electrons. The second-order valence-corrected chi connectivity index (χ2v) is 3.05. The smallest absolute Gasteiger partial charge is 0.0480 e. The lowest BCUT2D eigenvalue weighted by Crippen LogP contribution is -2.22. The fourth-order valence-corrected chi connectivity index (χ4v) is 0.996. The highest BCUT2D eigenvalue weighted by Crippen LogP contribution is 2.07. The predicted molar refractivity (Wildman–Crippen MR) is 53.1 cm³/mol. The maximum Gasteiger partial charge on any atom is 0.0480 e. The number of rotatable bonds is 7. The summed E-state index contributed by atoms with van der Waals surface area (Å²) in [6.07, 6.45) is 2.90. The van der Waals surface area contributed by atoms with Crippen LogP contribution in [0.3, 0.4) is 0 Å². The number of nitrogens with two attached hydrogens (primary N) is 1. The van der Waals surface area contributed by atoms with Crippen molar-refractivity contribution in [2.24, 2.45) is 5.73 Å². The standard InChI is InChI=1S/C10H21NO/c1-4-9(3)8-10(11)6-7-12-5-2/h10H,3-8,11H2,1-2H3. The summed E-state index contributed by atoms with van der Waals surface area (Å²) >= 11 is 0. The Morgan fingerprint density at radius 3 is 2.67 bits per heavy atom. The minimum atomic E-state index is 0.226. The molecular formula is C10H21NO. The Labute approximate surface area is 75.8 Å². The topological polar surface area (TPSA) is 35.2 Å². The first-order valence-electron chi connectivity index (χ1n) is 4.70. The summed E-state index contributed by atoms with van der Waals surface area (Å²) in [5.74, 6) is 0. The van der Waals surface area contributed by atoms with Gasteiger partial charge in [-0.2, -0.15) is 0 Å². The Kier molecular flexibility index (Phi) is 7.11.